The smallest absolute Gasteiger partial charge is 0.131 e. The number of hydrogen-bond donors (Lipinski definition) is 1. The summed E-state index contributed by atoms with van der Waals surface area (Å²) >= 11 is 0. The van der Waals surface area contributed by atoms with E-state index in [9.17, 15) is 4.39 Å². The van der Waals surface area contributed by atoms with Gasteiger partial charge in [-0.3, -0.25) is 0 Å². The highest BCUT2D eigenvalue weighted by molar-refractivity contribution is 5.76. The highest BCUT2D eigenvalue weighted by Gasteiger charge is 2.16. The molecule has 1 aromatic heterocycles. The number of rotatable bonds is 2. The summed E-state index contributed by atoms with van der Waals surface area (Å²) in [6.07, 6.45) is 0. The Hall–Kier alpha value is -2.20. The number of aromatic nitrogens is 2. The molecule has 0 aliphatic heterocycles. The van der Waals surface area contributed by atoms with E-state index in [0.717, 1.165) is 22.4 Å². The van der Waals surface area contributed by atoms with Crippen LogP contribution in [-0.4, -0.2) is 9.55 Å². The zero-order valence-electron chi connectivity index (χ0n) is 10.5. The predicted molar refractivity (Wildman–Crippen MR) is 73.1 cm³/mol. The average Bonchev–Trinajstić information content (AvgIpc) is 2.77. The van der Waals surface area contributed by atoms with Crippen molar-refractivity contribution in [3.63, 3.8) is 0 Å². The van der Waals surface area contributed by atoms with E-state index in [1.54, 1.807) is 12.1 Å². The van der Waals surface area contributed by atoms with Crippen molar-refractivity contribution in [3.05, 3.63) is 65.7 Å². The fraction of sp³-hybridized carbons (Fsp3) is 0.133. The number of imidazole rings is 1. The van der Waals surface area contributed by atoms with Gasteiger partial charge in [0.25, 0.3) is 0 Å². The number of benzene rings is 2. The van der Waals surface area contributed by atoms with Crippen LogP contribution in [0, 0.1) is 5.82 Å². The molecule has 0 radical (unpaired) electrons. The van der Waals surface area contributed by atoms with Gasteiger partial charge in [-0.2, -0.15) is 0 Å². The van der Waals surface area contributed by atoms with E-state index in [1.165, 1.54) is 12.1 Å². The molecule has 4 heteroatoms. The largest absolute Gasteiger partial charge is 0.330 e. The summed E-state index contributed by atoms with van der Waals surface area (Å²) < 4.78 is 14.9. The van der Waals surface area contributed by atoms with Crippen LogP contribution in [0.15, 0.2) is 48.5 Å². The van der Waals surface area contributed by atoms with E-state index in [0.29, 0.717) is 0 Å². The van der Waals surface area contributed by atoms with Crippen LogP contribution in [0.4, 0.5) is 4.39 Å². The number of aryl methyl sites for hydroxylation is 1. The van der Waals surface area contributed by atoms with E-state index >= 15 is 0 Å². The van der Waals surface area contributed by atoms with Gasteiger partial charge in [-0.1, -0.05) is 24.3 Å². The molecule has 0 amide bonds. The van der Waals surface area contributed by atoms with E-state index in [-0.39, 0.29) is 11.9 Å². The van der Waals surface area contributed by atoms with Gasteiger partial charge < -0.3 is 10.3 Å². The summed E-state index contributed by atoms with van der Waals surface area (Å²) in [7, 11) is 1.94. The first-order valence-electron chi connectivity index (χ1n) is 6.09. The molecule has 3 rings (SSSR count). The molecule has 19 heavy (non-hydrogen) atoms. The van der Waals surface area contributed by atoms with Crippen molar-refractivity contribution in [3.8, 4) is 0 Å². The molecular formula is C15H14FN3. The monoisotopic (exact) mass is 255 g/mol. The van der Waals surface area contributed by atoms with Gasteiger partial charge in [-0.05, 0) is 29.8 Å². The summed E-state index contributed by atoms with van der Waals surface area (Å²) in [5.74, 6) is 0.508. The third-order valence-corrected chi connectivity index (χ3v) is 3.33. The summed E-state index contributed by atoms with van der Waals surface area (Å²) in [6, 6.07) is 13.7. The normalized spacial score (nSPS) is 12.8. The van der Waals surface area contributed by atoms with Crippen molar-refractivity contribution in [1.82, 2.24) is 9.55 Å². The SMILES string of the molecule is Cn1c(C(N)c2ccc(F)cc2)nc2ccccc21. The van der Waals surface area contributed by atoms with E-state index in [4.69, 9.17) is 5.73 Å². The molecule has 0 spiro atoms. The molecular weight excluding hydrogens is 241 g/mol. The highest BCUT2D eigenvalue weighted by Crippen LogP contribution is 2.23. The average molecular weight is 255 g/mol. The Morgan fingerprint density at radius 1 is 1.11 bits per heavy atom. The van der Waals surface area contributed by atoms with Crippen molar-refractivity contribution in [2.45, 2.75) is 6.04 Å². The molecule has 2 aromatic carbocycles. The Morgan fingerprint density at radius 3 is 2.47 bits per heavy atom. The Bertz CT molecular complexity index is 716. The van der Waals surface area contributed by atoms with Crippen molar-refractivity contribution in [2.75, 3.05) is 0 Å². The van der Waals surface area contributed by atoms with Crippen LogP contribution in [0.1, 0.15) is 17.4 Å². The molecule has 1 heterocycles. The molecule has 0 aliphatic rings. The summed E-state index contributed by atoms with van der Waals surface area (Å²) in [5, 5.41) is 0. The Labute approximate surface area is 110 Å². The van der Waals surface area contributed by atoms with E-state index in [2.05, 4.69) is 4.98 Å². The summed E-state index contributed by atoms with van der Waals surface area (Å²) in [6.45, 7) is 0. The summed E-state index contributed by atoms with van der Waals surface area (Å²) in [5.41, 5.74) is 9.02. The molecule has 0 aliphatic carbocycles. The van der Waals surface area contributed by atoms with Crippen LogP contribution in [-0.2, 0) is 7.05 Å². The lowest BCUT2D eigenvalue weighted by Gasteiger charge is -2.12. The first-order chi connectivity index (χ1) is 9.16. The zero-order valence-corrected chi connectivity index (χ0v) is 10.5. The van der Waals surface area contributed by atoms with Gasteiger partial charge in [0, 0.05) is 7.05 Å². The predicted octanol–water partition coefficient (Wildman–Crippen LogP) is 2.76. The van der Waals surface area contributed by atoms with Crippen LogP contribution in [0.25, 0.3) is 11.0 Å². The standard InChI is InChI=1S/C15H14FN3/c1-19-13-5-3-2-4-12(13)18-15(19)14(17)10-6-8-11(16)9-7-10/h2-9,14H,17H2,1H3. The van der Waals surface area contributed by atoms with Gasteiger partial charge in [0.1, 0.15) is 11.6 Å². The van der Waals surface area contributed by atoms with Gasteiger partial charge in [0.05, 0.1) is 17.1 Å². The molecule has 0 fully saturated rings. The third-order valence-electron chi connectivity index (χ3n) is 3.33. The Kier molecular flexibility index (Phi) is 2.80. The van der Waals surface area contributed by atoms with Gasteiger partial charge >= 0.3 is 0 Å². The second-order valence-electron chi connectivity index (χ2n) is 4.55. The van der Waals surface area contributed by atoms with E-state index < -0.39 is 0 Å². The number of halogens is 1. The number of nitrogens with zero attached hydrogens (tertiary/aromatic N) is 2. The molecule has 2 N–H and O–H groups in total. The summed E-state index contributed by atoms with van der Waals surface area (Å²) in [4.78, 5) is 4.56. The minimum Gasteiger partial charge on any atom is -0.330 e. The van der Waals surface area contributed by atoms with Crippen LogP contribution < -0.4 is 5.73 Å². The zero-order chi connectivity index (χ0) is 13.4. The maximum absolute atomic E-state index is 12.9. The number of fused-ring (bicyclic) bond motifs is 1. The Balaban J connectivity index is 2.08. The van der Waals surface area contributed by atoms with E-state index in [1.807, 2.05) is 35.9 Å². The Morgan fingerprint density at radius 2 is 1.79 bits per heavy atom. The quantitative estimate of drug-likeness (QED) is 0.765. The van der Waals surface area contributed by atoms with Crippen LogP contribution in [0.3, 0.4) is 0 Å². The van der Waals surface area contributed by atoms with Crippen LogP contribution in [0.2, 0.25) is 0 Å². The van der Waals surface area contributed by atoms with Crippen LogP contribution in [0.5, 0.6) is 0 Å². The number of nitrogens with two attached hydrogens (primary N) is 1. The topological polar surface area (TPSA) is 43.8 Å². The third kappa shape index (κ3) is 2.00. The number of para-hydroxylation sites is 2. The molecule has 96 valence electrons. The van der Waals surface area contributed by atoms with Crippen LogP contribution >= 0.6 is 0 Å². The second-order valence-corrected chi connectivity index (χ2v) is 4.55. The molecule has 0 bridgehead atoms. The van der Waals surface area contributed by atoms with Crippen molar-refractivity contribution in [1.29, 1.82) is 0 Å². The van der Waals surface area contributed by atoms with Gasteiger partial charge in [-0.15, -0.1) is 0 Å². The minimum atomic E-state index is -0.363. The van der Waals surface area contributed by atoms with Crippen molar-refractivity contribution < 1.29 is 4.39 Å². The maximum atomic E-state index is 12.9. The maximum Gasteiger partial charge on any atom is 0.131 e. The lowest BCUT2D eigenvalue weighted by Crippen LogP contribution is -2.16. The first kappa shape index (κ1) is 11.9. The van der Waals surface area contributed by atoms with Crippen molar-refractivity contribution >= 4 is 11.0 Å². The molecule has 0 saturated carbocycles. The fourth-order valence-corrected chi connectivity index (χ4v) is 2.26. The molecule has 1 atom stereocenters. The minimum absolute atomic E-state index is 0.263. The van der Waals surface area contributed by atoms with Crippen molar-refractivity contribution in [2.24, 2.45) is 12.8 Å². The van der Waals surface area contributed by atoms with Gasteiger partial charge in [-0.25, -0.2) is 9.37 Å². The molecule has 1 unspecified atom stereocenters. The molecule has 3 aromatic rings. The van der Waals surface area contributed by atoms with Gasteiger partial charge in [0.2, 0.25) is 0 Å². The lowest BCUT2D eigenvalue weighted by atomic mass is 10.1. The first-order valence-corrected chi connectivity index (χ1v) is 6.09. The highest BCUT2D eigenvalue weighted by atomic mass is 19.1. The number of hydrogen-bond acceptors (Lipinski definition) is 2. The fourth-order valence-electron chi connectivity index (χ4n) is 2.26. The van der Waals surface area contributed by atoms with Gasteiger partial charge in [0.15, 0.2) is 0 Å². The second kappa shape index (κ2) is 4.48. The lowest BCUT2D eigenvalue weighted by molar-refractivity contribution is 0.625. The molecule has 3 nitrogen and oxygen atoms in total. The molecule has 0 saturated heterocycles.